The van der Waals surface area contributed by atoms with Gasteiger partial charge >= 0.3 is 0 Å². The molecule has 2 heterocycles. The number of rotatable bonds is 5. The maximum atomic E-state index is 4.91. The van der Waals surface area contributed by atoms with Gasteiger partial charge in [0.1, 0.15) is 12.0 Å². The first kappa shape index (κ1) is 17.0. The number of aliphatic imine (C=N–C) groups is 1. The summed E-state index contributed by atoms with van der Waals surface area (Å²) in [7, 11) is 3.86. The Morgan fingerprint density at radius 2 is 2.21 bits per heavy atom. The molecule has 3 rings (SSSR count). The molecule has 1 saturated carbocycles. The van der Waals surface area contributed by atoms with Crippen LogP contribution >= 0.6 is 11.3 Å². The lowest BCUT2D eigenvalue weighted by atomic mass is 9.73. The van der Waals surface area contributed by atoms with Gasteiger partial charge in [0.2, 0.25) is 0 Å². The number of nitrogens with one attached hydrogen (secondary N) is 1. The van der Waals surface area contributed by atoms with Crippen LogP contribution in [0.3, 0.4) is 0 Å². The summed E-state index contributed by atoms with van der Waals surface area (Å²) < 4.78 is 4.91. The highest BCUT2D eigenvalue weighted by molar-refractivity contribution is 7.10. The van der Waals surface area contributed by atoms with Crippen molar-refractivity contribution in [3.63, 3.8) is 0 Å². The molecule has 0 radical (unpaired) electrons. The van der Waals surface area contributed by atoms with Crippen molar-refractivity contribution in [2.24, 2.45) is 4.99 Å². The van der Waals surface area contributed by atoms with Crippen LogP contribution in [-0.4, -0.2) is 36.7 Å². The van der Waals surface area contributed by atoms with Crippen molar-refractivity contribution in [3.05, 3.63) is 40.4 Å². The van der Waals surface area contributed by atoms with Gasteiger partial charge in [-0.2, -0.15) is 0 Å². The number of hydrogen-bond donors (Lipinski definition) is 1. The molecule has 1 fully saturated rings. The second-order valence-electron chi connectivity index (χ2n) is 6.57. The molecule has 6 heteroatoms. The van der Waals surface area contributed by atoms with Crippen molar-refractivity contribution in [2.75, 3.05) is 20.6 Å². The highest BCUT2D eigenvalue weighted by Gasteiger charge is 2.35. The van der Waals surface area contributed by atoms with Crippen molar-refractivity contribution in [1.29, 1.82) is 0 Å². The predicted octanol–water partition coefficient (Wildman–Crippen LogP) is 3.65. The quantitative estimate of drug-likeness (QED) is 0.663. The van der Waals surface area contributed by atoms with E-state index >= 15 is 0 Å². The lowest BCUT2D eigenvalue weighted by molar-refractivity contribution is 0.292. The highest BCUT2D eigenvalue weighted by Crippen LogP contribution is 2.41. The Balaban J connectivity index is 1.66. The van der Waals surface area contributed by atoms with Crippen LogP contribution in [0, 0.1) is 0 Å². The van der Waals surface area contributed by atoms with Crippen molar-refractivity contribution in [3.8, 4) is 0 Å². The molecular weight excluding hydrogens is 320 g/mol. The average Bonchev–Trinajstić information content (AvgIpc) is 3.30. The van der Waals surface area contributed by atoms with Crippen molar-refractivity contribution < 1.29 is 4.52 Å². The first-order valence-electron chi connectivity index (χ1n) is 8.58. The van der Waals surface area contributed by atoms with Gasteiger partial charge in [-0.15, -0.1) is 11.3 Å². The number of nitrogens with zero attached hydrogens (tertiary/aromatic N) is 3. The van der Waals surface area contributed by atoms with Crippen LogP contribution in [0.15, 0.2) is 39.4 Å². The summed E-state index contributed by atoms with van der Waals surface area (Å²) in [6, 6.07) is 6.35. The van der Waals surface area contributed by atoms with Crippen LogP contribution in [0.2, 0.25) is 0 Å². The number of guanidine groups is 1. The van der Waals surface area contributed by atoms with E-state index in [4.69, 9.17) is 4.52 Å². The zero-order valence-corrected chi connectivity index (χ0v) is 15.3. The Labute approximate surface area is 147 Å². The third kappa shape index (κ3) is 3.80. The van der Waals surface area contributed by atoms with E-state index in [2.05, 4.69) is 37.9 Å². The maximum absolute atomic E-state index is 4.91. The fraction of sp³-hybridized carbons (Fsp3) is 0.556. The van der Waals surface area contributed by atoms with Gasteiger partial charge in [-0.25, -0.2) is 0 Å². The van der Waals surface area contributed by atoms with Crippen LogP contribution in [0.1, 0.15) is 42.7 Å². The summed E-state index contributed by atoms with van der Waals surface area (Å²) in [5.41, 5.74) is 1.16. The molecule has 0 amide bonds. The monoisotopic (exact) mass is 346 g/mol. The lowest BCUT2D eigenvalue weighted by Gasteiger charge is -2.38. The zero-order chi connectivity index (χ0) is 16.8. The van der Waals surface area contributed by atoms with E-state index in [0.717, 1.165) is 18.2 Å². The van der Waals surface area contributed by atoms with Crippen molar-refractivity contribution in [1.82, 2.24) is 15.4 Å². The highest BCUT2D eigenvalue weighted by atomic mass is 32.1. The van der Waals surface area contributed by atoms with E-state index in [1.54, 1.807) is 6.26 Å². The molecule has 0 spiro atoms. The van der Waals surface area contributed by atoms with Crippen LogP contribution in [0.25, 0.3) is 0 Å². The molecular formula is C18H26N4OS. The second-order valence-corrected chi connectivity index (χ2v) is 7.51. The first-order chi connectivity index (χ1) is 11.7. The third-order valence-electron chi connectivity index (χ3n) is 4.90. The summed E-state index contributed by atoms with van der Waals surface area (Å²) in [5.74, 6) is 0.902. The Hall–Kier alpha value is -1.82. The maximum Gasteiger partial charge on any atom is 0.193 e. The molecule has 130 valence electrons. The van der Waals surface area contributed by atoms with E-state index in [9.17, 15) is 0 Å². The minimum Gasteiger partial charge on any atom is -0.364 e. The summed E-state index contributed by atoms with van der Waals surface area (Å²) in [6.45, 7) is 1.62. The van der Waals surface area contributed by atoms with E-state index in [1.807, 2.05) is 31.5 Å². The zero-order valence-electron chi connectivity index (χ0n) is 14.5. The van der Waals surface area contributed by atoms with Crippen molar-refractivity contribution in [2.45, 2.75) is 44.1 Å². The SMILES string of the molecule is CN=C(NCC1(c2cccs2)CCCCC1)N(C)Cc1ccon1. The van der Waals surface area contributed by atoms with Gasteiger partial charge in [0.25, 0.3) is 0 Å². The van der Waals surface area contributed by atoms with Gasteiger partial charge in [-0.1, -0.05) is 30.5 Å². The van der Waals surface area contributed by atoms with Crippen LogP contribution in [0.5, 0.6) is 0 Å². The molecule has 2 aromatic rings. The van der Waals surface area contributed by atoms with Crippen molar-refractivity contribution >= 4 is 17.3 Å². The van der Waals surface area contributed by atoms with E-state index in [0.29, 0.717) is 6.54 Å². The molecule has 0 atom stereocenters. The van der Waals surface area contributed by atoms with Gasteiger partial charge in [0.15, 0.2) is 5.96 Å². The fourth-order valence-corrected chi connectivity index (χ4v) is 4.58. The summed E-state index contributed by atoms with van der Waals surface area (Å²) in [4.78, 5) is 8.03. The number of thiophene rings is 1. The van der Waals surface area contributed by atoms with E-state index in [-0.39, 0.29) is 5.41 Å². The standard InChI is InChI=1S/C18H26N4OS/c1-19-17(22(2)13-15-8-11-23-21-15)20-14-18(9-4-3-5-10-18)16-7-6-12-24-16/h6-8,11-12H,3-5,9-10,13-14H2,1-2H3,(H,19,20). The first-order valence-corrected chi connectivity index (χ1v) is 9.46. The summed E-state index contributed by atoms with van der Waals surface area (Å²) >= 11 is 1.88. The van der Waals surface area contributed by atoms with Gasteiger partial charge in [0, 0.05) is 37.0 Å². The normalized spacial score (nSPS) is 17.7. The molecule has 1 aliphatic rings. The van der Waals surface area contributed by atoms with Gasteiger partial charge in [-0.3, -0.25) is 4.99 Å². The van der Waals surface area contributed by atoms with Gasteiger partial charge in [-0.05, 0) is 24.3 Å². The predicted molar refractivity (Wildman–Crippen MR) is 98.4 cm³/mol. The molecule has 5 nitrogen and oxygen atoms in total. The van der Waals surface area contributed by atoms with Gasteiger partial charge < -0.3 is 14.7 Å². The second kappa shape index (κ2) is 7.83. The Morgan fingerprint density at radius 1 is 1.38 bits per heavy atom. The lowest BCUT2D eigenvalue weighted by Crippen LogP contribution is -2.46. The molecule has 1 N–H and O–H groups in total. The molecule has 0 bridgehead atoms. The third-order valence-corrected chi connectivity index (χ3v) is 6.02. The minimum atomic E-state index is 0.247. The molecule has 0 aliphatic heterocycles. The smallest absolute Gasteiger partial charge is 0.193 e. The largest absolute Gasteiger partial charge is 0.364 e. The summed E-state index contributed by atoms with van der Waals surface area (Å²) in [5, 5.41) is 9.78. The molecule has 0 unspecified atom stereocenters. The molecule has 0 saturated heterocycles. The Kier molecular flexibility index (Phi) is 5.56. The Morgan fingerprint density at radius 3 is 2.83 bits per heavy atom. The topological polar surface area (TPSA) is 53.7 Å². The average molecular weight is 347 g/mol. The fourth-order valence-electron chi connectivity index (χ4n) is 3.59. The molecule has 0 aromatic carbocycles. The van der Waals surface area contributed by atoms with Crippen LogP contribution in [0.4, 0.5) is 0 Å². The van der Waals surface area contributed by atoms with E-state index in [1.165, 1.54) is 37.0 Å². The van der Waals surface area contributed by atoms with Crippen LogP contribution < -0.4 is 5.32 Å². The number of aromatic nitrogens is 1. The van der Waals surface area contributed by atoms with E-state index < -0.39 is 0 Å². The molecule has 24 heavy (non-hydrogen) atoms. The van der Waals surface area contributed by atoms with Crippen LogP contribution in [-0.2, 0) is 12.0 Å². The minimum absolute atomic E-state index is 0.247. The molecule has 1 aliphatic carbocycles. The molecule has 2 aromatic heterocycles. The Bertz CT molecular complexity index is 630. The summed E-state index contributed by atoms with van der Waals surface area (Å²) in [6.07, 6.45) is 8.09. The van der Waals surface area contributed by atoms with Gasteiger partial charge in [0.05, 0.1) is 6.54 Å². The number of hydrogen-bond acceptors (Lipinski definition) is 4.